The van der Waals surface area contributed by atoms with Crippen molar-refractivity contribution in [1.82, 2.24) is 4.90 Å². The molecular formula is C9H15F3N2O2. The van der Waals surface area contributed by atoms with Crippen LogP contribution in [-0.2, 0) is 4.79 Å². The molecule has 0 aromatic rings. The molecule has 1 atom stereocenters. The number of carbonyl (C=O) groups excluding carboxylic acids is 1. The van der Waals surface area contributed by atoms with Crippen molar-refractivity contribution in [1.29, 1.82) is 0 Å². The third-order valence-electron chi connectivity index (χ3n) is 2.04. The number of aliphatic hydroxyl groups is 1. The summed E-state index contributed by atoms with van der Waals surface area (Å²) in [6.45, 7) is 3.17. The van der Waals surface area contributed by atoms with Gasteiger partial charge in [0.2, 0.25) is 0 Å². The molecule has 7 heteroatoms. The number of nitrogens with two attached hydrogens (primary N) is 1. The van der Waals surface area contributed by atoms with E-state index in [1.165, 1.54) is 6.08 Å². The zero-order valence-corrected chi connectivity index (χ0v) is 8.92. The van der Waals surface area contributed by atoms with Crippen LogP contribution >= 0.6 is 0 Å². The lowest BCUT2D eigenvalue weighted by Crippen LogP contribution is -2.62. The molecule has 0 radical (unpaired) electrons. The molecule has 1 unspecified atom stereocenters. The highest BCUT2D eigenvalue weighted by molar-refractivity contribution is 5.86. The summed E-state index contributed by atoms with van der Waals surface area (Å²) in [6, 6.07) is 0. The fraction of sp³-hybridized carbons (Fsp3) is 0.667. The molecule has 0 fully saturated rings. The number of halogens is 3. The van der Waals surface area contributed by atoms with Gasteiger partial charge in [0.1, 0.15) is 0 Å². The molecule has 0 rings (SSSR count). The largest absolute Gasteiger partial charge is 0.415 e. The molecule has 4 nitrogen and oxygen atoms in total. The second-order valence-electron chi connectivity index (χ2n) is 3.46. The Labute approximate surface area is 91.5 Å². The van der Waals surface area contributed by atoms with E-state index in [2.05, 4.69) is 6.58 Å². The summed E-state index contributed by atoms with van der Waals surface area (Å²) in [6.07, 6.45) is -3.57. The maximum Gasteiger partial charge on any atom is 0.415 e. The van der Waals surface area contributed by atoms with Gasteiger partial charge in [0.25, 0.3) is 5.91 Å². The number of nitrogens with zero attached hydrogens (tertiary/aromatic N) is 1. The smallest absolute Gasteiger partial charge is 0.395 e. The fourth-order valence-corrected chi connectivity index (χ4v) is 1.00. The number of carbonyl (C=O) groups is 1. The van der Waals surface area contributed by atoms with E-state index in [4.69, 9.17) is 10.8 Å². The summed E-state index contributed by atoms with van der Waals surface area (Å²) in [5, 5.41) is 8.63. The minimum Gasteiger partial charge on any atom is -0.395 e. The number of alkyl halides is 3. The van der Waals surface area contributed by atoms with Gasteiger partial charge >= 0.3 is 6.18 Å². The predicted octanol–water partition coefficient (Wildman–Crippen LogP) is 0.273. The van der Waals surface area contributed by atoms with Gasteiger partial charge in [-0.1, -0.05) is 6.08 Å². The molecule has 0 aliphatic carbocycles. The van der Waals surface area contributed by atoms with Gasteiger partial charge in [-0.15, -0.1) is 6.58 Å². The second kappa shape index (κ2) is 5.31. The van der Waals surface area contributed by atoms with E-state index in [1.807, 2.05) is 0 Å². The molecule has 0 saturated carbocycles. The molecule has 1 amide bonds. The summed E-state index contributed by atoms with van der Waals surface area (Å²) in [7, 11) is 0. The minimum absolute atomic E-state index is 0.0950. The third-order valence-corrected chi connectivity index (χ3v) is 2.04. The number of hydrogen-bond donors (Lipinski definition) is 2. The number of amides is 1. The highest BCUT2D eigenvalue weighted by atomic mass is 19.4. The summed E-state index contributed by atoms with van der Waals surface area (Å²) in [4.78, 5) is 12.3. The SMILES string of the molecule is C=CCN(CCO)C(=O)C(C)(N)C(F)(F)F. The van der Waals surface area contributed by atoms with Crippen LogP contribution in [0, 0.1) is 0 Å². The van der Waals surface area contributed by atoms with Gasteiger partial charge in [-0.25, -0.2) is 0 Å². The average molecular weight is 240 g/mol. The zero-order valence-electron chi connectivity index (χ0n) is 8.92. The van der Waals surface area contributed by atoms with Crippen LogP contribution in [0.25, 0.3) is 0 Å². The summed E-state index contributed by atoms with van der Waals surface area (Å²) < 4.78 is 37.4. The molecule has 0 spiro atoms. The summed E-state index contributed by atoms with van der Waals surface area (Å²) in [5.41, 5.74) is 2.01. The topological polar surface area (TPSA) is 66.6 Å². The Balaban J connectivity index is 4.91. The first kappa shape index (κ1) is 14.9. The normalized spacial score (nSPS) is 15.4. The molecule has 0 aromatic heterocycles. The maximum absolute atomic E-state index is 12.5. The van der Waals surface area contributed by atoms with Crippen molar-refractivity contribution in [3.05, 3.63) is 12.7 Å². The molecule has 0 aliphatic rings. The minimum atomic E-state index is -4.83. The zero-order chi connectivity index (χ0) is 13.0. The van der Waals surface area contributed by atoms with Crippen LogP contribution in [0.15, 0.2) is 12.7 Å². The molecule has 3 N–H and O–H groups in total. The number of rotatable bonds is 5. The van der Waals surface area contributed by atoms with Crippen molar-refractivity contribution >= 4 is 5.91 Å². The first-order chi connectivity index (χ1) is 7.18. The van der Waals surface area contributed by atoms with Crippen LogP contribution in [0.3, 0.4) is 0 Å². The van der Waals surface area contributed by atoms with Crippen molar-refractivity contribution in [2.45, 2.75) is 18.6 Å². The predicted molar refractivity (Wildman–Crippen MR) is 52.5 cm³/mol. The lowest BCUT2D eigenvalue weighted by atomic mass is 10.0. The Morgan fingerprint density at radius 1 is 1.56 bits per heavy atom. The number of aliphatic hydroxyl groups excluding tert-OH is 1. The van der Waals surface area contributed by atoms with Gasteiger partial charge in [0.05, 0.1) is 6.61 Å². The highest BCUT2D eigenvalue weighted by Gasteiger charge is 2.55. The first-order valence-corrected chi connectivity index (χ1v) is 4.55. The van der Waals surface area contributed by atoms with E-state index >= 15 is 0 Å². The van der Waals surface area contributed by atoms with Crippen molar-refractivity contribution in [2.24, 2.45) is 5.73 Å². The standard InChI is InChI=1S/C9H15F3N2O2/c1-3-4-14(5-6-15)7(16)8(2,13)9(10,11)12/h3,15H,1,4-6,13H2,2H3. The summed E-state index contributed by atoms with van der Waals surface area (Å²) >= 11 is 0. The van der Waals surface area contributed by atoms with Gasteiger partial charge < -0.3 is 15.7 Å². The summed E-state index contributed by atoms with van der Waals surface area (Å²) in [5.74, 6) is -1.28. The van der Waals surface area contributed by atoms with Crippen molar-refractivity contribution in [3.63, 3.8) is 0 Å². The Morgan fingerprint density at radius 3 is 2.38 bits per heavy atom. The Kier molecular flexibility index (Phi) is 4.95. The quantitative estimate of drug-likeness (QED) is 0.678. The van der Waals surface area contributed by atoms with Gasteiger partial charge in [0, 0.05) is 13.1 Å². The Hall–Kier alpha value is -1.08. The molecule has 0 heterocycles. The van der Waals surface area contributed by atoms with E-state index in [-0.39, 0.29) is 13.1 Å². The Bertz CT molecular complexity index is 264. The van der Waals surface area contributed by atoms with Crippen LogP contribution in [-0.4, -0.2) is 47.3 Å². The van der Waals surface area contributed by atoms with Gasteiger partial charge in [-0.3, -0.25) is 4.79 Å². The Morgan fingerprint density at radius 2 is 2.06 bits per heavy atom. The molecule has 0 bridgehead atoms. The van der Waals surface area contributed by atoms with E-state index in [0.717, 1.165) is 4.90 Å². The molecular weight excluding hydrogens is 225 g/mol. The molecule has 16 heavy (non-hydrogen) atoms. The average Bonchev–Trinajstić information content (AvgIpc) is 2.14. The van der Waals surface area contributed by atoms with E-state index in [9.17, 15) is 18.0 Å². The van der Waals surface area contributed by atoms with E-state index in [1.54, 1.807) is 0 Å². The third kappa shape index (κ3) is 3.21. The van der Waals surface area contributed by atoms with Gasteiger partial charge in [-0.05, 0) is 6.92 Å². The van der Waals surface area contributed by atoms with Crippen LogP contribution in [0.5, 0.6) is 0 Å². The highest BCUT2D eigenvalue weighted by Crippen LogP contribution is 2.29. The molecule has 0 aromatic carbocycles. The van der Waals surface area contributed by atoms with Crippen LogP contribution in [0.4, 0.5) is 13.2 Å². The molecule has 0 aliphatic heterocycles. The van der Waals surface area contributed by atoms with Crippen LogP contribution in [0.2, 0.25) is 0 Å². The van der Waals surface area contributed by atoms with E-state index < -0.39 is 24.2 Å². The van der Waals surface area contributed by atoms with E-state index in [0.29, 0.717) is 6.92 Å². The maximum atomic E-state index is 12.5. The van der Waals surface area contributed by atoms with Gasteiger partial charge in [0.15, 0.2) is 5.54 Å². The lowest BCUT2D eigenvalue weighted by Gasteiger charge is -2.32. The van der Waals surface area contributed by atoms with Crippen LogP contribution < -0.4 is 5.73 Å². The monoisotopic (exact) mass is 240 g/mol. The molecule has 94 valence electrons. The number of hydrogen-bond acceptors (Lipinski definition) is 3. The molecule has 0 saturated heterocycles. The lowest BCUT2D eigenvalue weighted by molar-refractivity contribution is -0.193. The second-order valence-corrected chi connectivity index (χ2v) is 3.46. The van der Waals surface area contributed by atoms with Crippen molar-refractivity contribution in [3.8, 4) is 0 Å². The fourth-order valence-electron chi connectivity index (χ4n) is 1.00. The van der Waals surface area contributed by atoms with Gasteiger partial charge in [-0.2, -0.15) is 13.2 Å². The van der Waals surface area contributed by atoms with Crippen molar-refractivity contribution < 1.29 is 23.1 Å². The first-order valence-electron chi connectivity index (χ1n) is 4.55. The van der Waals surface area contributed by atoms with Crippen molar-refractivity contribution in [2.75, 3.05) is 19.7 Å². The van der Waals surface area contributed by atoms with Crippen LogP contribution in [0.1, 0.15) is 6.92 Å².